The number of carbonyl (C=O) groups excluding carboxylic acids is 1. The van der Waals surface area contributed by atoms with Gasteiger partial charge in [0.25, 0.3) is 0 Å². The number of halogens is 3. The third-order valence-corrected chi connectivity index (χ3v) is 5.51. The first kappa shape index (κ1) is 20.7. The maximum atomic E-state index is 12.7. The van der Waals surface area contributed by atoms with Crippen LogP contribution < -0.4 is 15.4 Å². The van der Waals surface area contributed by atoms with Crippen molar-refractivity contribution in [3.05, 3.63) is 29.8 Å². The maximum Gasteiger partial charge on any atom is 0.416 e. The van der Waals surface area contributed by atoms with E-state index in [-0.39, 0.29) is 31.3 Å². The molecule has 10 heteroatoms. The molecule has 0 aromatic heterocycles. The van der Waals surface area contributed by atoms with Gasteiger partial charge in [-0.3, -0.25) is 4.79 Å². The minimum Gasteiger partial charge on any atom is -0.355 e. The van der Waals surface area contributed by atoms with Crippen molar-refractivity contribution in [1.82, 2.24) is 15.4 Å². The smallest absolute Gasteiger partial charge is 0.355 e. The monoisotopic (exact) mass is 393 g/mol. The van der Waals surface area contributed by atoms with Gasteiger partial charge in [0.1, 0.15) is 0 Å². The van der Waals surface area contributed by atoms with Crippen molar-refractivity contribution in [1.29, 1.82) is 0 Å². The Labute approximate surface area is 150 Å². The summed E-state index contributed by atoms with van der Waals surface area (Å²) in [5.41, 5.74) is -1.03. The Morgan fingerprint density at radius 2 is 2.08 bits per heavy atom. The molecule has 1 saturated heterocycles. The molecular weight excluding hydrogens is 371 g/mol. The fourth-order valence-electron chi connectivity index (χ4n) is 2.63. The van der Waals surface area contributed by atoms with Crippen molar-refractivity contribution < 1.29 is 26.4 Å². The van der Waals surface area contributed by atoms with Gasteiger partial charge in [-0.25, -0.2) is 13.1 Å². The number of rotatable bonds is 8. The summed E-state index contributed by atoms with van der Waals surface area (Å²) in [6.45, 7) is 1.44. The van der Waals surface area contributed by atoms with Crippen molar-refractivity contribution in [3.63, 3.8) is 0 Å². The average molecular weight is 393 g/mol. The topological polar surface area (TPSA) is 87.3 Å². The fourth-order valence-corrected chi connectivity index (χ4v) is 3.75. The summed E-state index contributed by atoms with van der Waals surface area (Å²) >= 11 is 0. The van der Waals surface area contributed by atoms with Gasteiger partial charge in [-0.1, -0.05) is 6.07 Å². The highest BCUT2D eigenvalue weighted by molar-refractivity contribution is 7.89. The zero-order chi connectivity index (χ0) is 19.2. The minimum absolute atomic E-state index is 0.0341. The summed E-state index contributed by atoms with van der Waals surface area (Å²) in [6.07, 6.45) is -2.13. The Morgan fingerprint density at radius 1 is 1.31 bits per heavy atom. The van der Waals surface area contributed by atoms with Crippen LogP contribution in [0.15, 0.2) is 29.2 Å². The molecule has 1 aromatic carbocycles. The van der Waals surface area contributed by atoms with E-state index in [0.717, 1.165) is 37.6 Å². The summed E-state index contributed by atoms with van der Waals surface area (Å²) in [5.74, 6) is -0.183. The van der Waals surface area contributed by atoms with E-state index >= 15 is 0 Å². The molecule has 1 aromatic rings. The highest BCUT2D eigenvalue weighted by Gasteiger charge is 2.31. The zero-order valence-corrected chi connectivity index (χ0v) is 14.9. The molecule has 0 spiro atoms. The van der Waals surface area contributed by atoms with Crippen molar-refractivity contribution in [2.75, 3.05) is 19.6 Å². The van der Waals surface area contributed by atoms with Crippen LogP contribution in [-0.2, 0) is 21.0 Å². The maximum absolute atomic E-state index is 12.7. The lowest BCUT2D eigenvalue weighted by atomic mass is 10.2. The molecule has 3 N–H and O–H groups in total. The Bertz CT molecular complexity index is 717. The van der Waals surface area contributed by atoms with E-state index in [2.05, 4.69) is 15.4 Å². The van der Waals surface area contributed by atoms with Crippen LogP contribution in [-0.4, -0.2) is 40.0 Å². The molecule has 26 heavy (non-hydrogen) atoms. The molecule has 1 heterocycles. The first-order chi connectivity index (χ1) is 12.2. The summed E-state index contributed by atoms with van der Waals surface area (Å²) in [7, 11) is -4.06. The molecule has 1 aliphatic heterocycles. The summed E-state index contributed by atoms with van der Waals surface area (Å²) < 4.78 is 64.4. The normalized spacial score (nSPS) is 18.0. The van der Waals surface area contributed by atoms with E-state index in [4.69, 9.17) is 0 Å². The van der Waals surface area contributed by atoms with Crippen molar-refractivity contribution in [2.24, 2.45) is 0 Å². The number of alkyl halides is 3. The molecule has 0 saturated carbocycles. The molecule has 0 aliphatic carbocycles. The molecule has 2 rings (SSSR count). The highest BCUT2D eigenvalue weighted by Crippen LogP contribution is 2.30. The molecule has 1 atom stereocenters. The summed E-state index contributed by atoms with van der Waals surface area (Å²) in [5, 5.41) is 6.02. The largest absolute Gasteiger partial charge is 0.416 e. The first-order valence-corrected chi connectivity index (χ1v) is 9.84. The van der Waals surface area contributed by atoms with Crippen LogP contribution in [0.1, 0.15) is 31.2 Å². The van der Waals surface area contributed by atoms with Gasteiger partial charge in [0.2, 0.25) is 15.9 Å². The Morgan fingerprint density at radius 3 is 2.73 bits per heavy atom. The molecule has 1 unspecified atom stereocenters. The molecule has 1 amide bonds. The van der Waals surface area contributed by atoms with Crippen molar-refractivity contribution >= 4 is 15.9 Å². The summed E-state index contributed by atoms with van der Waals surface area (Å²) in [6, 6.07) is 3.81. The van der Waals surface area contributed by atoms with Crippen molar-refractivity contribution in [2.45, 2.75) is 42.8 Å². The third-order valence-electron chi connectivity index (χ3n) is 4.05. The average Bonchev–Trinajstić information content (AvgIpc) is 3.10. The molecule has 1 aliphatic rings. The quantitative estimate of drug-likeness (QED) is 0.586. The van der Waals surface area contributed by atoms with E-state index in [0.29, 0.717) is 12.6 Å². The van der Waals surface area contributed by atoms with Gasteiger partial charge in [-0.05, 0) is 44.0 Å². The van der Waals surface area contributed by atoms with Crippen LogP contribution in [0.3, 0.4) is 0 Å². The third kappa shape index (κ3) is 6.26. The Hall–Kier alpha value is -1.65. The Kier molecular flexibility index (Phi) is 7.01. The summed E-state index contributed by atoms with van der Waals surface area (Å²) in [4.78, 5) is 11.3. The Balaban J connectivity index is 1.76. The van der Waals surface area contributed by atoms with Gasteiger partial charge < -0.3 is 10.6 Å². The number of sulfonamides is 1. The van der Waals surface area contributed by atoms with Gasteiger partial charge >= 0.3 is 6.18 Å². The lowest BCUT2D eigenvalue weighted by molar-refractivity contribution is -0.137. The second-order valence-corrected chi connectivity index (χ2v) is 7.89. The van der Waals surface area contributed by atoms with E-state index in [1.807, 2.05) is 0 Å². The van der Waals surface area contributed by atoms with Crippen LogP contribution >= 0.6 is 0 Å². The number of carbonyl (C=O) groups is 1. The van der Waals surface area contributed by atoms with Crippen LogP contribution in [0.2, 0.25) is 0 Å². The second-order valence-electron chi connectivity index (χ2n) is 6.12. The first-order valence-electron chi connectivity index (χ1n) is 8.35. The fraction of sp³-hybridized carbons (Fsp3) is 0.562. The zero-order valence-electron chi connectivity index (χ0n) is 14.1. The number of hydrogen-bond donors (Lipinski definition) is 3. The van der Waals surface area contributed by atoms with Gasteiger partial charge in [-0.15, -0.1) is 0 Å². The number of benzene rings is 1. The van der Waals surface area contributed by atoms with Crippen molar-refractivity contribution in [3.8, 4) is 0 Å². The number of hydrogen-bond acceptors (Lipinski definition) is 4. The predicted molar refractivity (Wildman–Crippen MR) is 89.9 cm³/mol. The van der Waals surface area contributed by atoms with Crippen LogP contribution in [0.25, 0.3) is 0 Å². The molecule has 0 bridgehead atoms. The van der Waals surface area contributed by atoms with Gasteiger partial charge in [-0.2, -0.15) is 13.2 Å². The predicted octanol–water partition coefficient (Wildman–Crippen LogP) is 1.63. The highest BCUT2D eigenvalue weighted by atomic mass is 32.2. The van der Waals surface area contributed by atoms with E-state index < -0.39 is 26.7 Å². The van der Waals surface area contributed by atoms with Gasteiger partial charge in [0.05, 0.1) is 10.5 Å². The SMILES string of the molecule is O=C(CCCNS(=O)(=O)c1cccc(C(F)(F)F)c1)NCC1CCCN1. The van der Waals surface area contributed by atoms with Gasteiger partial charge in [0, 0.05) is 25.6 Å². The molecule has 1 fully saturated rings. The number of nitrogens with one attached hydrogen (secondary N) is 3. The second kappa shape index (κ2) is 8.83. The standard InChI is InChI=1S/C16H22F3N3O3S/c17-16(18,19)12-4-1-6-14(10-12)26(24,25)22-9-3-7-15(23)21-11-13-5-2-8-20-13/h1,4,6,10,13,20,22H,2-3,5,7-9,11H2,(H,21,23). The van der Waals surface area contributed by atoms with Crippen LogP contribution in [0, 0.1) is 0 Å². The lowest BCUT2D eigenvalue weighted by Gasteiger charge is -2.12. The number of amides is 1. The minimum atomic E-state index is -4.61. The molecule has 146 valence electrons. The molecular formula is C16H22F3N3O3S. The van der Waals surface area contributed by atoms with Crippen LogP contribution in [0.4, 0.5) is 13.2 Å². The molecule has 6 nitrogen and oxygen atoms in total. The van der Waals surface area contributed by atoms with E-state index in [1.54, 1.807) is 0 Å². The van der Waals surface area contributed by atoms with Gasteiger partial charge in [0.15, 0.2) is 0 Å². The lowest BCUT2D eigenvalue weighted by Crippen LogP contribution is -2.37. The van der Waals surface area contributed by atoms with E-state index in [1.165, 1.54) is 0 Å². The van der Waals surface area contributed by atoms with E-state index in [9.17, 15) is 26.4 Å². The molecule has 0 radical (unpaired) electrons. The van der Waals surface area contributed by atoms with Crippen LogP contribution in [0.5, 0.6) is 0 Å².